The highest BCUT2D eigenvalue weighted by Crippen LogP contribution is 2.39. The van der Waals surface area contributed by atoms with Gasteiger partial charge in [-0.25, -0.2) is 13.8 Å². The van der Waals surface area contributed by atoms with Crippen LogP contribution in [0.1, 0.15) is 54.0 Å². The number of alkyl halides is 2. The van der Waals surface area contributed by atoms with Gasteiger partial charge in [-0.05, 0) is 37.1 Å². The van der Waals surface area contributed by atoms with Crippen LogP contribution in [0.5, 0.6) is 5.75 Å². The average Bonchev–Trinajstić information content (AvgIpc) is 3.27. The average molecular weight is 413 g/mol. The van der Waals surface area contributed by atoms with Crippen molar-refractivity contribution in [3.8, 4) is 5.75 Å². The molecular weight excluding hydrogens is 392 g/mol. The molecule has 0 fully saturated rings. The van der Waals surface area contributed by atoms with E-state index in [9.17, 15) is 13.6 Å². The third-order valence-corrected chi connectivity index (χ3v) is 5.18. The zero-order chi connectivity index (χ0) is 21.3. The van der Waals surface area contributed by atoms with Crippen molar-refractivity contribution < 1.29 is 22.7 Å². The minimum atomic E-state index is -2.67. The Labute approximate surface area is 172 Å². The summed E-state index contributed by atoms with van der Waals surface area (Å²) in [5, 5.41) is 3.51. The molecule has 2 heterocycles. The SMILES string of the molecule is COc1cc(C2=CCC(F)(F)CC2)c2ncc(C(=O)NC(C)c3ncco3)cc2c1. The molecule has 0 radical (unpaired) electrons. The Hall–Kier alpha value is -3.29. The number of rotatable bonds is 5. The minimum Gasteiger partial charge on any atom is -0.497 e. The molecule has 8 heteroatoms. The number of allylic oxidation sites excluding steroid dienone is 2. The summed E-state index contributed by atoms with van der Waals surface area (Å²) in [6.45, 7) is 1.77. The summed E-state index contributed by atoms with van der Waals surface area (Å²) >= 11 is 0. The van der Waals surface area contributed by atoms with E-state index in [1.54, 1.807) is 31.2 Å². The summed E-state index contributed by atoms with van der Waals surface area (Å²) in [6, 6.07) is 4.88. The minimum absolute atomic E-state index is 0.198. The lowest BCUT2D eigenvalue weighted by Gasteiger charge is -2.22. The highest BCUT2D eigenvalue weighted by molar-refractivity contribution is 6.00. The molecule has 3 aromatic rings. The Morgan fingerprint density at radius 3 is 2.80 bits per heavy atom. The first-order chi connectivity index (χ1) is 14.4. The molecule has 4 rings (SSSR count). The Bertz CT molecular complexity index is 1110. The molecule has 0 aliphatic heterocycles. The van der Waals surface area contributed by atoms with E-state index in [4.69, 9.17) is 9.15 Å². The van der Waals surface area contributed by atoms with Crippen LogP contribution in [0.15, 0.2) is 47.3 Å². The lowest BCUT2D eigenvalue weighted by atomic mass is 9.90. The standard InChI is InChI=1S/C22H21F2N3O3/c1-13(21-25-7-8-30-21)27-20(28)16-9-15-10-17(29-2)11-18(19(15)26-12-16)14-3-5-22(23,24)6-4-14/h3,7-13H,4-6H2,1-2H3,(H,27,28). The number of amides is 1. The Balaban J connectivity index is 1.67. The quantitative estimate of drug-likeness (QED) is 0.642. The van der Waals surface area contributed by atoms with E-state index in [1.165, 1.54) is 25.8 Å². The Kier molecular flexibility index (Phi) is 5.24. The van der Waals surface area contributed by atoms with Crippen LogP contribution in [-0.2, 0) is 0 Å². The second-order valence-electron chi connectivity index (χ2n) is 7.33. The number of hydrogen-bond acceptors (Lipinski definition) is 5. The predicted molar refractivity (Wildman–Crippen MR) is 107 cm³/mol. The number of aromatic nitrogens is 2. The number of halogens is 2. The van der Waals surface area contributed by atoms with Gasteiger partial charge in [-0.1, -0.05) is 6.08 Å². The van der Waals surface area contributed by atoms with Gasteiger partial charge in [0, 0.05) is 30.0 Å². The highest BCUT2D eigenvalue weighted by atomic mass is 19.3. The van der Waals surface area contributed by atoms with E-state index in [-0.39, 0.29) is 25.2 Å². The van der Waals surface area contributed by atoms with Gasteiger partial charge in [0.15, 0.2) is 0 Å². The number of hydrogen-bond donors (Lipinski definition) is 1. The number of carbonyl (C=O) groups is 1. The molecule has 1 aliphatic carbocycles. The first kappa shape index (κ1) is 20.0. The second-order valence-corrected chi connectivity index (χ2v) is 7.33. The van der Waals surface area contributed by atoms with Gasteiger partial charge in [-0.15, -0.1) is 0 Å². The van der Waals surface area contributed by atoms with Crippen molar-refractivity contribution in [2.75, 3.05) is 7.11 Å². The van der Waals surface area contributed by atoms with Crippen LogP contribution >= 0.6 is 0 Å². The number of fused-ring (bicyclic) bond motifs is 1. The zero-order valence-electron chi connectivity index (χ0n) is 16.6. The maximum atomic E-state index is 13.6. The van der Waals surface area contributed by atoms with Gasteiger partial charge in [0.2, 0.25) is 5.89 Å². The summed E-state index contributed by atoms with van der Waals surface area (Å²) in [7, 11) is 1.54. The lowest BCUT2D eigenvalue weighted by molar-refractivity contribution is -0.00602. The van der Waals surface area contributed by atoms with Crippen molar-refractivity contribution in [3.63, 3.8) is 0 Å². The topological polar surface area (TPSA) is 77.2 Å². The summed E-state index contributed by atoms with van der Waals surface area (Å²) in [5.41, 5.74) is 2.57. The normalized spacial score (nSPS) is 16.7. The van der Waals surface area contributed by atoms with Crippen molar-refractivity contribution in [1.29, 1.82) is 0 Å². The largest absolute Gasteiger partial charge is 0.497 e. The molecule has 0 saturated heterocycles. The number of methoxy groups -OCH3 is 1. The third-order valence-electron chi connectivity index (χ3n) is 5.18. The maximum Gasteiger partial charge on any atom is 0.253 e. The lowest BCUT2D eigenvalue weighted by Crippen LogP contribution is -2.27. The maximum absolute atomic E-state index is 13.6. The number of oxazole rings is 1. The fraction of sp³-hybridized carbons (Fsp3) is 0.318. The molecule has 1 N–H and O–H groups in total. The molecule has 6 nitrogen and oxygen atoms in total. The molecule has 1 amide bonds. The van der Waals surface area contributed by atoms with Crippen LogP contribution in [0.4, 0.5) is 8.78 Å². The van der Waals surface area contributed by atoms with Crippen molar-refractivity contribution in [3.05, 3.63) is 59.9 Å². The summed E-state index contributed by atoms with van der Waals surface area (Å²) in [6.07, 6.45) is 5.77. The summed E-state index contributed by atoms with van der Waals surface area (Å²) in [4.78, 5) is 21.2. The first-order valence-corrected chi connectivity index (χ1v) is 9.61. The summed E-state index contributed by atoms with van der Waals surface area (Å²) < 4.78 is 37.7. The fourth-order valence-corrected chi connectivity index (χ4v) is 3.54. The van der Waals surface area contributed by atoms with Gasteiger partial charge in [-0.3, -0.25) is 9.78 Å². The van der Waals surface area contributed by atoms with Gasteiger partial charge in [-0.2, -0.15) is 0 Å². The van der Waals surface area contributed by atoms with Gasteiger partial charge in [0.1, 0.15) is 18.1 Å². The monoisotopic (exact) mass is 413 g/mol. The number of carbonyl (C=O) groups excluding carboxylic acids is 1. The number of pyridine rings is 1. The van der Waals surface area contributed by atoms with E-state index in [0.717, 1.165) is 11.1 Å². The smallest absolute Gasteiger partial charge is 0.253 e. The molecule has 1 unspecified atom stereocenters. The van der Waals surface area contributed by atoms with Crippen molar-refractivity contribution in [2.24, 2.45) is 0 Å². The summed E-state index contributed by atoms with van der Waals surface area (Å²) in [5.74, 6) is -2.02. The molecule has 30 heavy (non-hydrogen) atoms. The highest BCUT2D eigenvalue weighted by Gasteiger charge is 2.31. The van der Waals surface area contributed by atoms with E-state index < -0.39 is 12.0 Å². The predicted octanol–water partition coefficient (Wildman–Crippen LogP) is 4.93. The zero-order valence-corrected chi connectivity index (χ0v) is 16.6. The molecule has 2 aromatic heterocycles. The van der Waals surface area contributed by atoms with Crippen LogP contribution in [-0.4, -0.2) is 28.9 Å². The number of nitrogens with one attached hydrogen (secondary N) is 1. The molecule has 1 aromatic carbocycles. The van der Waals surface area contributed by atoms with Crippen molar-refractivity contribution in [1.82, 2.24) is 15.3 Å². The van der Waals surface area contributed by atoms with Crippen LogP contribution in [0.25, 0.3) is 16.5 Å². The first-order valence-electron chi connectivity index (χ1n) is 9.61. The van der Waals surface area contributed by atoms with Crippen LogP contribution < -0.4 is 10.1 Å². The number of nitrogens with zero attached hydrogens (tertiary/aromatic N) is 2. The molecule has 1 aliphatic rings. The third kappa shape index (κ3) is 4.03. The van der Waals surface area contributed by atoms with E-state index >= 15 is 0 Å². The van der Waals surface area contributed by atoms with Crippen LogP contribution in [0, 0.1) is 0 Å². The van der Waals surface area contributed by atoms with Crippen molar-refractivity contribution >= 4 is 22.4 Å². The van der Waals surface area contributed by atoms with E-state index in [2.05, 4.69) is 15.3 Å². The Morgan fingerprint density at radius 2 is 2.13 bits per heavy atom. The molecule has 0 spiro atoms. The van der Waals surface area contributed by atoms with E-state index in [0.29, 0.717) is 28.1 Å². The molecular formula is C22H21F2N3O3. The second kappa shape index (κ2) is 7.85. The molecule has 1 atom stereocenters. The van der Waals surface area contributed by atoms with Gasteiger partial charge in [0.25, 0.3) is 11.8 Å². The van der Waals surface area contributed by atoms with Crippen molar-refractivity contribution in [2.45, 2.75) is 38.2 Å². The van der Waals surface area contributed by atoms with Gasteiger partial charge >= 0.3 is 0 Å². The van der Waals surface area contributed by atoms with Crippen LogP contribution in [0.3, 0.4) is 0 Å². The molecule has 0 saturated carbocycles. The van der Waals surface area contributed by atoms with Crippen LogP contribution in [0.2, 0.25) is 0 Å². The van der Waals surface area contributed by atoms with Gasteiger partial charge in [0.05, 0.1) is 24.4 Å². The van der Waals surface area contributed by atoms with Gasteiger partial charge < -0.3 is 14.5 Å². The molecule has 156 valence electrons. The van der Waals surface area contributed by atoms with E-state index in [1.807, 2.05) is 0 Å². The number of benzene rings is 1. The fourth-order valence-electron chi connectivity index (χ4n) is 3.54. The Morgan fingerprint density at radius 1 is 1.30 bits per heavy atom. The number of ether oxygens (including phenoxy) is 1. The molecule has 0 bridgehead atoms.